The van der Waals surface area contributed by atoms with Crippen molar-refractivity contribution in [2.24, 2.45) is 5.92 Å². The summed E-state index contributed by atoms with van der Waals surface area (Å²) in [6.07, 6.45) is 4.02. The number of amides is 2. The minimum absolute atomic E-state index is 0.153. The van der Waals surface area contributed by atoms with E-state index in [2.05, 4.69) is 5.32 Å². The van der Waals surface area contributed by atoms with Gasteiger partial charge in [-0.05, 0) is 43.4 Å². The fourth-order valence-corrected chi connectivity index (χ4v) is 4.08. The first-order valence-electron chi connectivity index (χ1n) is 8.51. The molecule has 3 unspecified atom stereocenters. The number of hydrogen-bond acceptors (Lipinski definition) is 3. The maximum atomic E-state index is 14.3. The first kappa shape index (κ1) is 17.4. The summed E-state index contributed by atoms with van der Waals surface area (Å²) in [4.78, 5) is 37.2. The molecule has 0 spiro atoms. The van der Waals surface area contributed by atoms with Gasteiger partial charge in [0.2, 0.25) is 5.91 Å². The van der Waals surface area contributed by atoms with Crippen molar-refractivity contribution >= 4 is 23.5 Å². The highest BCUT2D eigenvalue weighted by Gasteiger charge is 2.48. The number of benzene rings is 1. The fourth-order valence-electron chi connectivity index (χ4n) is 4.08. The molecule has 1 heterocycles. The average molecular weight is 348 g/mol. The molecular weight excluding hydrogens is 327 g/mol. The van der Waals surface area contributed by atoms with Gasteiger partial charge >= 0.3 is 5.97 Å². The number of hydrogen-bond donors (Lipinski definition) is 2. The van der Waals surface area contributed by atoms with Gasteiger partial charge in [0, 0.05) is 18.7 Å². The van der Waals surface area contributed by atoms with Gasteiger partial charge in [-0.3, -0.25) is 9.59 Å². The van der Waals surface area contributed by atoms with Crippen LogP contribution in [-0.4, -0.2) is 39.9 Å². The van der Waals surface area contributed by atoms with E-state index in [1.165, 1.54) is 24.0 Å². The molecule has 1 aromatic carbocycles. The Morgan fingerprint density at radius 3 is 2.64 bits per heavy atom. The maximum Gasteiger partial charge on any atom is 0.326 e. The van der Waals surface area contributed by atoms with Gasteiger partial charge in [0.15, 0.2) is 0 Å². The van der Waals surface area contributed by atoms with Gasteiger partial charge in [0.1, 0.15) is 11.9 Å². The Labute approximate surface area is 145 Å². The molecular formula is C18H21FN2O4. The van der Waals surface area contributed by atoms with Crippen molar-refractivity contribution in [2.75, 3.05) is 5.32 Å². The summed E-state index contributed by atoms with van der Waals surface area (Å²) in [5.74, 6) is -2.57. The Hall–Kier alpha value is -2.44. The second-order valence-electron chi connectivity index (χ2n) is 6.79. The summed E-state index contributed by atoms with van der Waals surface area (Å²) in [5, 5.41) is 12.0. The van der Waals surface area contributed by atoms with Crippen LogP contribution in [0.15, 0.2) is 18.2 Å². The lowest BCUT2D eigenvalue weighted by Crippen LogP contribution is -2.46. The van der Waals surface area contributed by atoms with Crippen LogP contribution in [0.4, 0.5) is 10.1 Å². The van der Waals surface area contributed by atoms with Crippen LogP contribution in [-0.2, 0) is 9.59 Å². The zero-order valence-corrected chi connectivity index (χ0v) is 14.0. The first-order chi connectivity index (χ1) is 11.9. The van der Waals surface area contributed by atoms with E-state index in [0.717, 1.165) is 31.7 Å². The maximum absolute atomic E-state index is 14.3. The molecule has 1 aliphatic heterocycles. The molecule has 1 aromatic rings. The number of anilines is 1. The zero-order chi connectivity index (χ0) is 18.1. The Morgan fingerprint density at radius 2 is 1.96 bits per heavy atom. The number of carbonyl (C=O) groups excluding carboxylic acids is 2. The number of nitrogens with zero attached hydrogens (tertiary/aromatic N) is 1. The number of nitrogens with one attached hydrogen (secondary N) is 1. The molecule has 0 aromatic heterocycles. The number of carboxylic acids is 1. The minimum Gasteiger partial charge on any atom is -0.480 e. The third-order valence-corrected chi connectivity index (χ3v) is 5.12. The van der Waals surface area contributed by atoms with E-state index >= 15 is 0 Å². The topological polar surface area (TPSA) is 86.7 Å². The molecule has 0 radical (unpaired) electrons. The molecule has 25 heavy (non-hydrogen) atoms. The Morgan fingerprint density at radius 1 is 1.24 bits per heavy atom. The average Bonchev–Trinajstić information content (AvgIpc) is 2.95. The van der Waals surface area contributed by atoms with Crippen LogP contribution >= 0.6 is 0 Å². The van der Waals surface area contributed by atoms with Gasteiger partial charge in [-0.1, -0.05) is 12.8 Å². The fraction of sp³-hybridized carbons (Fsp3) is 0.500. The van der Waals surface area contributed by atoms with Crippen molar-refractivity contribution in [1.82, 2.24) is 4.90 Å². The number of carboxylic acid groups (broad SMARTS) is 1. The molecule has 2 N–H and O–H groups in total. The van der Waals surface area contributed by atoms with Crippen LogP contribution in [0.3, 0.4) is 0 Å². The predicted octanol–water partition coefficient (Wildman–Crippen LogP) is 2.64. The first-order valence-corrected chi connectivity index (χ1v) is 8.51. The summed E-state index contributed by atoms with van der Waals surface area (Å²) in [6, 6.07) is 2.67. The summed E-state index contributed by atoms with van der Waals surface area (Å²) < 4.78 is 14.3. The van der Waals surface area contributed by atoms with E-state index in [9.17, 15) is 23.9 Å². The summed E-state index contributed by atoms with van der Waals surface area (Å²) >= 11 is 0. The molecule has 3 rings (SSSR count). The molecule has 2 amide bonds. The van der Waals surface area contributed by atoms with Crippen molar-refractivity contribution in [3.63, 3.8) is 0 Å². The molecule has 0 bridgehead atoms. The number of rotatable bonds is 3. The molecule has 2 aliphatic rings. The van der Waals surface area contributed by atoms with Gasteiger partial charge < -0.3 is 15.3 Å². The third kappa shape index (κ3) is 3.36. The Balaban J connectivity index is 1.94. The van der Waals surface area contributed by atoms with E-state index in [1.807, 2.05) is 0 Å². The van der Waals surface area contributed by atoms with Crippen molar-refractivity contribution in [3.8, 4) is 0 Å². The van der Waals surface area contributed by atoms with Crippen molar-refractivity contribution in [3.05, 3.63) is 29.6 Å². The van der Waals surface area contributed by atoms with E-state index in [-0.39, 0.29) is 23.4 Å². The summed E-state index contributed by atoms with van der Waals surface area (Å²) in [6.45, 7) is 1.32. The zero-order valence-electron chi connectivity index (χ0n) is 14.0. The second kappa shape index (κ2) is 6.82. The van der Waals surface area contributed by atoms with E-state index < -0.39 is 23.7 Å². The largest absolute Gasteiger partial charge is 0.480 e. The molecule has 6 nitrogen and oxygen atoms in total. The van der Waals surface area contributed by atoms with Crippen LogP contribution in [0.1, 0.15) is 49.4 Å². The lowest BCUT2D eigenvalue weighted by molar-refractivity contribution is -0.141. The number of aliphatic carboxylic acids is 1. The van der Waals surface area contributed by atoms with Crippen molar-refractivity contribution in [2.45, 2.75) is 51.1 Å². The molecule has 1 saturated carbocycles. The van der Waals surface area contributed by atoms with Crippen LogP contribution in [0.2, 0.25) is 0 Å². The standard InChI is InChI=1S/C18H21FN2O4/c1-10(22)20-12-6-7-14(19)13(9-12)17(23)21-15-5-3-2-4-11(15)8-16(21)18(24)25/h6-7,9,11,15-16H,2-5,8H2,1H3,(H,20,22)(H,24,25). The molecule has 1 saturated heterocycles. The summed E-state index contributed by atoms with van der Waals surface area (Å²) in [7, 11) is 0. The molecule has 3 atom stereocenters. The highest BCUT2D eigenvalue weighted by Crippen LogP contribution is 2.40. The van der Waals surface area contributed by atoms with Gasteiger partial charge in [-0.25, -0.2) is 9.18 Å². The molecule has 7 heteroatoms. The Kier molecular flexibility index (Phi) is 4.74. The lowest BCUT2D eigenvalue weighted by Gasteiger charge is -2.33. The number of fused-ring (bicyclic) bond motifs is 1. The number of carbonyl (C=O) groups is 3. The van der Waals surface area contributed by atoms with Crippen molar-refractivity contribution < 1.29 is 23.9 Å². The number of halogens is 1. The minimum atomic E-state index is -1.05. The molecule has 134 valence electrons. The van der Waals surface area contributed by atoms with E-state index in [1.54, 1.807) is 0 Å². The predicted molar refractivity (Wildman–Crippen MR) is 88.7 cm³/mol. The highest BCUT2D eigenvalue weighted by molar-refractivity contribution is 5.99. The smallest absolute Gasteiger partial charge is 0.326 e. The van der Waals surface area contributed by atoms with Gasteiger partial charge in [-0.15, -0.1) is 0 Å². The third-order valence-electron chi connectivity index (χ3n) is 5.12. The van der Waals surface area contributed by atoms with Crippen LogP contribution in [0, 0.1) is 11.7 Å². The SMILES string of the molecule is CC(=O)Nc1ccc(F)c(C(=O)N2C(C(=O)O)CC3CCCCC32)c1. The Bertz CT molecular complexity index is 721. The normalized spacial score (nSPS) is 25.4. The second-order valence-corrected chi connectivity index (χ2v) is 6.79. The quantitative estimate of drug-likeness (QED) is 0.879. The van der Waals surface area contributed by atoms with Crippen LogP contribution in [0.5, 0.6) is 0 Å². The number of likely N-dealkylation sites (tertiary alicyclic amines) is 1. The van der Waals surface area contributed by atoms with Crippen LogP contribution < -0.4 is 5.32 Å². The van der Waals surface area contributed by atoms with Gasteiger partial charge in [0.25, 0.3) is 5.91 Å². The van der Waals surface area contributed by atoms with Gasteiger partial charge in [-0.2, -0.15) is 0 Å². The monoisotopic (exact) mass is 348 g/mol. The van der Waals surface area contributed by atoms with Crippen molar-refractivity contribution in [1.29, 1.82) is 0 Å². The molecule has 2 fully saturated rings. The van der Waals surface area contributed by atoms with E-state index in [4.69, 9.17) is 0 Å². The lowest BCUT2D eigenvalue weighted by atomic mass is 9.84. The van der Waals surface area contributed by atoms with E-state index in [0.29, 0.717) is 12.1 Å². The highest BCUT2D eigenvalue weighted by atomic mass is 19.1. The summed E-state index contributed by atoms with van der Waals surface area (Å²) in [5.41, 5.74) is 0.104. The molecule has 1 aliphatic carbocycles. The van der Waals surface area contributed by atoms with Gasteiger partial charge in [0.05, 0.1) is 5.56 Å². The van der Waals surface area contributed by atoms with Crippen LogP contribution in [0.25, 0.3) is 0 Å².